The van der Waals surface area contributed by atoms with Crippen LogP contribution >= 0.6 is 11.6 Å². The molecule has 2 rings (SSSR count). The second-order valence-electron chi connectivity index (χ2n) is 5.11. The summed E-state index contributed by atoms with van der Waals surface area (Å²) >= 11 is 6.21. The molecule has 0 atom stereocenters. The average Bonchev–Trinajstić information content (AvgIpc) is 2.38. The van der Waals surface area contributed by atoms with Crippen molar-refractivity contribution in [3.63, 3.8) is 0 Å². The number of rotatable bonds is 3. The molecule has 104 valence electrons. The van der Waals surface area contributed by atoms with E-state index in [9.17, 15) is 9.90 Å². The topological polar surface area (TPSA) is 66.6 Å². The van der Waals surface area contributed by atoms with Crippen molar-refractivity contribution in [1.29, 1.82) is 0 Å². The molecule has 5 heteroatoms. The number of carboxylic acids is 1. The van der Waals surface area contributed by atoms with Gasteiger partial charge in [-0.25, -0.2) is 4.79 Å². The highest BCUT2D eigenvalue weighted by molar-refractivity contribution is 6.34. The molecule has 0 radical (unpaired) electrons. The fourth-order valence-electron chi connectivity index (χ4n) is 2.79. The molecule has 0 saturated heterocycles. The van der Waals surface area contributed by atoms with Crippen LogP contribution in [0.4, 0.5) is 11.4 Å². The lowest BCUT2D eigenvalue weighted by Gasteiger charge is -2.34. The summed E-state index contributed by atoms with van der Waals surface area (Å²) < 4.78 is 0. The van der Waals surface area contributed by atoms with E-state index >= 15 is 0 Å². The van der Waals surface area contributed by atoms with Crippen LogP contribution < -0.4 is 10.6 Å². The van der Waals surface area contributed by atoms with E-state index in [1.807, 2.05) is 11.9 Å². The van der Waals surface area contributed by atoms with Crippen molar-refractivity contribution in [2.24, 2.45) is 0 Å². The first kappa shape index (κ1) is 14.0. The van der Waals surface area contributed by atoms with Gasteiger partial charge in [-0.05, 0) is 25.0 Å². The summed E-state index contributed by atoms with van der Waals surface area (Å²) in [6, 6.07) is 3.44. The smallest absolute Gasteiger partial charge is 0.337 e. The van der Waals surface area contributed by atoms with E-state index in [0.29, 0.717) is 22.4 Å². The Balaban J connectivity index is 2.39. The minimum Gasteiger partial charge on any atom is -0.478 e. The molecule has 0 unspecified atom stereocenters. The third kappa shape index (κ3) is 2.95. The van der Waals surface area contributed by atoms with Crippen molar-refractivity contribution in [2.45, 2.75) is 38.1 Å². The van der Waals surface area contributed by atoms with Gasteiger partial charge in [0.25, 0.3) is 0 Å². The molecule has 0 aromatic heterocycles. The van der Waals surface area contributed by atoms with Crippen LogP contribution in [-0.4, -0.2) is 24.2 Å². The molecule has 1 aromatic carbocycles. The lowest BCUT2D eigenvalue weighted by atomic mass is 9.93. The molecule has 0 aliphatic heterocycles. The van der Waals surface area contributed by atoms with Crippen LogP contribution in [0.15, 0.2) is 12.1 Å². The number of halogens is 1. The van der Waals surface area contributed by atoms with Gasteiger partial charge in [0.15, 0.2) is 0 Å². The number of carbonyl (C=O) groups is 1. The van der Waals surface area contributed by atoms with Gasteiger partial charge in [0.05, 0.1) is 16.3 Å². The fraction of sp³-hybridized carbons (Fsp3) is 0.500. The molecular formula is C14H19ClN2O2. The summed E-state index contributed by atoms with van der Waals surface area (Å²) in [5.41, 5.74) is 6.81. The van der Waals surface area contributed by atoms with Crippen molar-refractivity contribution in [3.8, 4) is 0 Å². The summed E-state index contributed by atoms with van der Waals surface area (Å²) in [6.45, 7) is 0. The van der Waals surface area contributed by atoms with Crippen molar-refractivity contribution < 1.29 is 9.90 Å². The predicted molar refractivity (Wildman–Crippen MR) is 78.1 cm³/mol. The SMILES string of the molecule is CN(c1c(Cl)cc(N)cc1C(=O)O)C1CCCCC1. The minimum absolute atomic E-state index is 0.179. The number of nitrogen functional groups attached to an aromatic ring is 1. The van der Waals surface area contributed by atoms with Gasteiger partial charge >= 0.3 is 5.97 Å². The summed E-state index contributed by atoms with van der Waals surface area (Å²) in [5.74, 6) is -0.994. The maximum Gasteiger partial charge on any atom is 0.337 e. The summed E-state index contributed by atoms with van der Waals surface area (Å²) in [5, 5.41) is 9.73. The van der Waals surface area contributed by atoms with Crippen LogP contribution in [0.25, 0.3) is 0 Å². The van der Waals surface area contributed by atoms with Gasteiger partial charge < -0.3 is 15.7 Å². The monoisotopic (exact) mass is 282 g/mol. The largest absolute Gasteiger partial charge is 0.478 e. The Morgan fingerprint density at radius 2 is 2.00 bits per heavy atom. The first-order chi connectivity index (χ1) is 9.00. The fourth-order valence-corrected chi connectivity index (χ4v) is 3.15. The maximum atomic E-state index is 11.4. The second-order valence-corrected chi connectivity index (χ2v) is 5.51. The molecule has 0 heterocycles. The lowest BCUT2D eigenvalue weighted by Crippen LogP contribution is -2.34. The Labute approximate surface area is 118 Å². The number of anilines is 2. The average molecular weight is 283 g/mol. The number of carboxylic acid groups (broad SMARTS) is 1. The highest BCUT2D eigenvalue weighted by Crippen LogP contribution is 2.35. The molecule has 4 nitrogen and oxygen atoms in total. The van der Waals surface area contributed by atoms with Crippen LogP contribution in [0.5, 0.6) is 0 Å². The highest BCUT2D eigenvalue weighted by Gasteiger charge is 2.24. The van der Waals surface area contributed by atoms with Crippen molar-refractivity contribution in [1.82, 2.24) is 0 Å². The van der Waals surface area contributed by atoms with E-state index in [-0.39, 0.29) is 5.56 Å². The molecule has 0 spiro atoms. The standard InChI is InChI=1S/C14H19ClN2O2/c1-17(10-5-3-2-4-6-10)13-11(14(18)19)7-9(16)8-12(13)15/h7-8,10H,2-6,16H2,1H3,(H,18,19). The molecule has 1 saturated carbocycles. The Morgan fingerprint density at radius 3 is 2.58 bits per heavy atom. The number of aromatic carboxylic acids is 1. The zero-order valence-corrected chi connectivity index (χ0v) is 11.8. The van der Waals surface area contributed by atoms with E-state index in [4.69, 9.17) is 17.3 Å². The van der Waals surface area contributed by atoms with Gasteiger partial charge in [0.1, 0.15) is 0 Å². The van der Waals surface area contributed by atoms with E-state index in [0.717, 1.165) is 12.8 Å². The summed E-state index contributed by atoms with van der Waals surface area (Å²) in [4.78, 5) is 13.4. The van der Waals surface area contributed by atoms with Crippen LogP contribution in [0, 0.1) is 0 Å². The molecule has 19 heavy (non-hydrogen) atoms. The number of hydrogen-bond acceptors (Lipinski definition) is 3. The third-order valence-electron chi connectivity index (χ3n) is 3.79. The second kappa shape index (κ2) is 5.70. The molecular weight excluding hydrogens is 264 g/mol. The molecule has 0 bridgehead atoms. The van der Waals surface area contributed by atoms with Crippen LogP contribution in [0.2, 0.25) is 5.02 Å². The van der Waals surface area contributed by atoms with Crippen LogP contribution in [0.3, 0.4) is 0 Å². The van der Waals surface area contributed by atoms with E-state index in [1.165, 1.54) is 25.3 Å². The molecule has 1 aromatic rings. The Morgan fingerprint density at radius 1 is 1.37 bits per heavy atom. The summed E-state index contributed by atoms with van der Waals surface area (Å²) in [7, 11) is 1.92. The molecule has 3 N–H and O–H groups in total. The van der Waals surface area contributed by atoms with E-state index < -0.39 is 5.97 Å². The van der Waals surface area contributed by atoms with Gasteiger partial charge in [-0.15, -0.1) is 0 Å². The van der Waals surface area contributed by atoms with Crippen molar-refractivity contribution in [2.75, 3.05) is 17.7 Å². The normalized spacial score (nSPS) is 16.3. The first-order valence-corrected chi connectivity index (χ1v) is 6.93. The van der Waals surface area contributed by atoms with Gasteiger partial charge in [-0.3, -0.25) is 0 Å². The van der Waals surface area contributed by atoms with Gasteiger partial charge in [0, 0.05) is 18.8 Å². The molecule has 1 aliphatic rings. The Bertz CT molecular complexity index is 485. The number of hydrogen-bond donors (Lipinski definition) is 2. The number of benzene rings is 1. The number of nitrogens with zero attached hydrogens (tertiary/aromatic N) is 1. The minimum atomic E-state index is -0.994. The van der Waals surface area contributed by atoms with Gasteiger partial charge in [-0.1, -0.05) is 30.9 Å². The first-order valence-electron chi connectivity index (χ1n) is 6.56. The van der Waals surface area contributed by atoms with Crippen molar-refractivity contribution >= 4 is 28.9 Å². The van der Waals surface area contributed by atoms with E-state index in [2.05, 4.69) is 0 Å². The van der Waals surface area contributed by atoms with Gasteiger partial charge in [0.2, 0.25) is 0 Å². The Hall–Kier alpha value is -1.42. The maximum absolute atomic E-state index is 11.4. The third-order valence-corrected chi connectivity index (χ3v) is 4.08. The molecule has 1 fully saturated rings. The quantitative estimate of drug-likeness (QED) is 0.834. The van der Waals surface area contributed by atoms with Crippen LogP contribution in [0.1, 0.15) is 42.5 Å². The number of nitrogens with two attached hydrogens (primary N) is 1. The van der Waals surface area contributed by atoms with Crippen LogP contribution in [-0.2, 0) is 0 Å². The lowest BCUT2D eigenvalue weighted by molar-refractivity contribution is 0.0697. The van der Waals surface area contributed by atoms with Crippen molar-refractivity contribution in [3.05, 3.63) is 22.7 Å². The zero-order chi connectivity index (χ0) is 14.0. The predicted octanol–water partition coefficient (Wildman–Crippen LogP) is 3.39. The molecule has 1 aliphatic carbocycles. The Kier molecular flexibility index (Phi) is 4.20. The van der Waals surface area contributed by atoms with E-state index in [1.54, 1.807) is 6.07 Å². The molecule has 0 amide bonds. The van der Waals surface area contributed by atoms with Gasteiger partial charge in [-0.2, -0.15) is 0 Å². The highest BCUT2D eigenvalue weighted by atomic mass is 35.5. The zero-order valence-electron chi connectivity index (χ0n) is 11.0. The summed E-state index contributed by atoms with van der Waals surface area (Å²) in [6.07, 6.45) is 5.78.